The van der Waals surface area contributed by atoms with Gasteiger partial charge < -0.3 is 10.0 Å². The highest BCUT2D eigenvalue weighted by Crippen LogP contribution is 2.20. The number of allylic oxidation sites excluding steroid dienone is 1. The molecule has 1 amide bonds. The van der Waals surface area contributed by atoms with Gasteiger partial charge in [-0.1, -0.05) is 6.08 Å². The van der Waals surface area contributed by atoms with Gasteiger partial charge >= 0.3 is 0 Å². The molecule has 1 saturated heterocycles. The molecule has 0 aromatic carbocycles. The second-order valence-corrected chi connectivity index (χ2v) is 4.31. The maximum absolute atomic E-state index is 11.7. The quantitative estimate of drug-likeness (QED) is 0.717. The first kappa shape index (κ1) is 12.2. The van der Waals surface area contributed by atoms with Gasteiger partial charge in [0.05, 0.1) is 6.10 Å². The lowest BCUT2D eigenvalue weighted by Gasteiger charge is -2.34. The van der Waals surface area contributed by atoms with Crippen molar-refractivity contribution in [2.24, 2.45) is 5.92 Å². The van der Waals surface area contributed by atoms with E-state index < -0.39 is 0 Å². The van der Waals surface area contributed by atoms with Crippen LogP contribution < -0.4 is 0 Å². The van der Waals surface area contributed by atoms with E-state index in [0.29, 0.717) is 13.0 Å². The van der Waals surface area contributed by atoms with E-state index in [0.717, 1.165) is 25.8 Å². The minimum Gasteiger partial charge on any atom is -0.393 e. The van der Waals surface area contributed by atoms with Gasteiger partial charge in [0.2, 0.25) is 5.91 Å². The predicted octanol–water partition coefficient (Wildman–Crippen LogP) is 1.57. The van der Waals surface area contributed by atoms with E-state index in [9.17, 15) is 9.90 Å². The molecule has 3 heteroatoms. The van der Waals surface area contributed by atoms with Crippen molar-refractivity contribution in [3.8, 4) is 0 Å². The van der Waals surface area contributed by atoms with Crippen LogP contribution in [0.4, 0.5) is 0 Å². The smallest absolute Gasteiger partial charge is 0.222 e. The molecule has 1 fully saturated rings. The summed E-state index contributed by atoms with van der Waals surface area (Å²) >= 11 is 0. The van der Waals surface area contributed by atoms with E-state index in [-0.39, 0.29) is 17.9 Å². The molecular weight excluding hydrogens is 190 g/mol. The standard InChI is InChI=1S/C12H21NO2/c1-3-4-7-12(15)13-8-5-6-11(9-13)10(2)14/h3,10-11,14H,1,4-9H2,2H3. The largest absolute Gasteiger partial charge is 0.393 e. The van der Waals surface area contributed by atoms with Gasteiger partial charge in [-0.05, 0) is 26.2 Å². The fraction of sp³-hybridized carbons (Fsp3) is 0.750. The molecule has 2 atom stereocenters. The zero-order valence-corrected chi connectivity index (χ0v) is 9.48. The van der Waals surface area contributed by atoms with Crippen LogP contribution in [-0.2, 0) is 4.79 Å². The van der Waals surface area contributed by atoms with Crippen molar-refractivity contribution in [3.63, 3.8) is 0 Å². The Morgan fingerprint density at radius 1 is 1.73 bits per heavy atom. The van der Waals surface area contributed by atoms with Gasteiger partial charge in [-0.3, -0.25) is 4.79 Å². The summed E-state index contributed by atoms with van der Waals surface area (Å²) in [6, 6.07) is 0. The van der Waals surface area contributed by atoms with Crippen molar-refractivity contribution >= 4 is 5.91 Å². The molecule has 0 radical (unpaired) electrons. The summed E-state index contributed by atoms with van der Waals surface area (Å²) in [5.74, 6) is 0.451. The molecule has 3 nitrogen and oxygen atoms in total. The van der Waals surface area contributed by atoms with Gasteiger partial charge in [0, 0.05) is 25.4 Å². The Hall–Kier alpha value is -0.830. The Bertz CT molecular complexity index is 226. The molecule has 0 aliphatic carbocycles. The fourth-order valence-electron chi connectivity index (χ4n) is 2.01. The van der Waals surface area contributed by atoms with Gasteiger partial charge in [-0.15, -0.1) is 6.58 Å². The highest BCUT2D eigenvalue weighted by Gasteiger charge is 2.25. The number of likely N-dealkylation sites (tertiary alicyclic amines) is 1. The highest BCUT2D eigenvalue weighted by atomic mass is 16.3. The highest BCUT2D eigenvalue weighted by molar-refractivity contribution is 5.76. The first-order valence-electron chi connectivity index (χ1n) is 5.72. The Morgan fingerprint density at radius 2 is 2.47 bits per heavy atom. The number of amides is 1. The minimum absolute atomic E-state index is 0.195. The van der Waals surface area contributed by atoms with Gasteiger partial charge in [0.15, 0.2) is 0 Å². The van der Waals surface area contributed by atoms with Gasteiger partial charge in [0.1, 0.15) is 0 Å². The van der Waals surface area contributed by atoms with Crippen LogP contribution in [-0.4, -0.2) is 35.1 Å². The van der Waals surface area contributed by atoms with Crippen LogP contribution in [0.5, 0.6) is 0 Å². The summed E-state index contributed by atoms with van der Waals surface area (Å²) in [7, 11) is 0. The van der Waals surface area contributed by atoms with Crippen LogP contribution in [0.25, 0.3) is 0 Å². The fourth-order valence-corrected chi connectivity index (χ4v) is 2.01. The second kappa shape index (κ2) is 5.91. The molecule has 0 aromatic rings. The molecule has 1 N–H and O–H groups in total. The first-order chi connectivity index (χ1) is 7.15. The van der Waals surface area contributed by atoms with E-state index in [1.807, 2.05) is 11.8 Å². The van der Waals surface area contributed by atoms with Crippen LogP contribution in [0, 0.1) is 5.92 Å². The Labute approximate surface area is 91.8 Å². The van der Waals surface area contributed by atoms with Crippen LogP contribution >= 0.6 is 0 Å². The number of hydrogen-bond donors (Lipinski definition) is 1. The van der Waals surface area contributed by atoms with Gasteiger partial charge in [-0.2, -0.15) is 0 Å². The number of carbonyl (C=O) groups excluding carboxylic acids is 1. The number of aliphatic hydroxyl groups excluding tert-OH is 1. The van der Waals surface area contributed by atoms with E-state index in [1.165, 1.54) is 0 Å². The van der Waals surface area contributed by atoms with Gasteiger partial charge in [0.25, 0.3) is 0 Å². The number of piperidine rings is 1. The minimum atomic E-state index is -0.306. The molecular formula is C12H21NO2. The number of hydrogen-bond acceptors (Lipinski definition) is 2. The van der Waals surface area contributed by atoms with Crippen molar-refractivity contribution in [2.45, 2.75) is 38.7 Å². The lowest BCUT2D eigenvalue weighted by molar-refractivity contribution is -0.133. The molecule has 0 aromatic heterocycles. The summed E-state index contributed by atoms with van der Waals surface area (Å²) < 4.78 is 0. The molecule has 0 bridgehead atoms. The monoisotopic (exact) mass is 211 g/mol. The maximum Gasteiger partial charge on any atom is 0.222 e. The molecule has 1 rings (SSSR count). The molecule has 1 aliphatic heterocycles. The van der Waals surface area contributed by atoms with Crippen molar-refractivity contribution in [1.82, 2.24) is 4.90 Å². The third kappa shape index (κ3) is 3.67. The summed E-state index contributed by atoms with van der Waals surface area (Å²) in [4.78, 5) is 13.6. The van der Waals surface area contributed by atoms with Crippen LogP contribution in [0.15, 0.2) is 12.7 Å². The van der Waals surface area contributed by atoms with Crippen LogP contribution in [0.1, 0.15) is 32.6 Å². The average molecular weight is 211 g/mol. The summed E-state index contributed by atoms with van der Waals surface area (Å²) in [5.41, 5.74) is 0. The lowest BCUT2D eigenvalue weighted by Crippen LogP contribution is -2.42. The molecule has 1 heterocycles. The van der Waals surface area contributed by atoms with Crippen molar-refractivity contribution < 1.29 is 9.90 Å². The van der Waals surface area contributed by atoms with Crippen LogP contribution in [0.3, 0.4) is 0 Å². The SMILES string of the molecule is C=CCCC(=O)N1CCCC(C(C)O)C1. The van der Waals surface area contributed by atoms with Gasteiger partial charge in [-0.25, -0.2) is 0 Å². The summed E-state index contributed by atoms with van der Waals surface area (Å²) in [6.45, 7) is 6.98. The summed E-state index contributed by atoms with van der Waals surface area (Å²) in [6.07, 6.45) is 4.80. The zero-order valence-electron chi connectivity index (χ0n) is 9.48. The van der Waals surface area contributed by atoms with E-state index in [1.54, 1.807) is 6.08 Å². The van der Waals surface area contributed by atoms with E-state index in [4.69, 9.17) is 0 Å². The summed E-state index contributed by atoms with van der Waals surface area (Å²) in [5, 5.41) is 9.50. The molecule has 15 heavy (non-hydrogen) atoms. The number of aliphatic hydroxyl groups is 1. The number of rotatable bonds is 4. The van der Waals surface area contributed by atoms with Crippen molar-refractivity contribution in [2.75, 3.05) is 13.1 Å². The average Bonchev–Trinajstić information content (AvgIpc) is 2.26. The third-order valence-electron chi connectivity index (χ3n) is 3.06. The van der Waals surface area contributed by atoms with Crippen LogP contribution in [0.2, 0.25) is 0 Å². The Morgan fingerprint density at radius 3 is 3.07 bits per heavy atom. The molecule has 1 aliphatic rings. The van der Waals surface area contributed by atoms with Crippen molar-refractivity contribution in [1.29, 1.82) is 0 Å². The molecule has 86 valence electrons. The maximum atomic E-state index is 11.7. The predicted molar refractivity (Wildman–Crippen MR) is 60.4 cm³/mol. The number of carbonyl (C=O) groups is 1. The molecule has 2 unspecified atom stereocenters. The second-order valence-electron chi connectivity index (χ2n) is 4.31. The molecule has 0 saturated carbocycles. The van der Waals surface area contributed by atoms with Crippen molar-refractivity contribution in [3.05, 3.63) is 12.7 Å². The topological polar surface area (TPSA) is 40.5 Å². The molecule has 0 spiro atoms. The van der Waals surface area contributed by atoms with E-state index in [2.05, 4.69) is 6.58 Å². The zero-order chi connectivity index (χ0) is 11.3. The lowest BCUT2D eigenvalue weighted by atomic mass is 9.93. The first-order valence-corrected chi connectivity index (χ1v) is 5.72. The van der Waals surface area contributed by atoms with E-state index >= 15 is 0 Å². The normalized spacial score (nSPS) is 23.6. The Kier molecular flexibility index (Phi) is 4.82. The third-order valence-corrected chi connectivity index (χ3v) is 3.06. The Balaban J connectivity index is 2.41. The number of nitrogens with zero attached hydrogens (tertiary/aromatic N) is 1.